The van der Waals surface area contributed by atoms with Crippen molar-refractivity contribution in [2.24, 2.45) is 5.41 Å². The maximum Gasteiger partial charge on any atom is 0.146 e. The van der Waals surface area contributed by atoms with Gasteiger partial charge in [-0.3, -0.25) is 0 Å². The molecule has 90 valence electrons. The van der Waals surface area contributed by atoms with Crippen molar-refractivity contribution in [3.05, 3.63) is 22.8 Å². The van der Waals surface area contributed by atoms with E-state index in [0.29, 0.717) is 21.8 Å². The molecular formula is C13H16ClN3. The fraction of sp³-hybridized carbons (Fsp3) is 0.538. The molecule has 0 unspecified atom stereocenters. The molecule has 1 aliphatic carbocycles. The number of hydrogen-bond acceptors (Lipinski definition) is 3. The molecule has 0 aliphatic heterocycles. The maximum atomic E-state index is 8.88. The average molecular weight is 250 g/mol. The fourth-order valence-electron chi connectivity index (χ4n) is 2.26. The van der Waals surface area contributed by atoms with Crippen LogP contribution in [0.3, 0.4) is 0 Å². The third kappa shape index (κ3) is 2.37. The highest BCUT2D eigenvalue weighted by molar-refractivity contribution is 6.34. The Morgan fingerprint density at radius 3 is 2.88 bits per heavy atom. The summed E-state index contributed by atoms with van der Waals surface area (Å²) < 4.78 is 0. The Morgan fingerprint density at radius 2 is 2.35 bits per heavy atom. The molecule has 1 aromatic heterocycles. The van der Waals surface area contributed by atoms with Crippen molar-refractivity contribution < 1.29 is 0 Å². The summed E-state index contributed by atoms with van der Waals surface area (Å²) in [4.78, 5) is 4.19. The minimum atomic E-state index is 0.410. The first kappa shape index (κ1) is 12.2. The van der Waals surface area contributed by atoms with Gasteiger partial charge in [-0.1, -0.05) is 24.9 Å². The van der Waals surface area contributed by atoms with E-state index in [1.807, 2.05) is 0 Å². The zero-order valence-electron chi connectivity index (χ0n) is 9.96. The highest BCUT2D eigenvalue weighted by Gasteiger charge is 2.34. The summed E-state index contributed by atoms with van der Waals surface area (Å²) >= 11 is 6.09. The minimum Gasteiger partial charge on any atom is -0.368 e. The number of halogens is 1. The normalized spacial score (nSPS) is 17.0. The number of nitrogens with one attached hydrogen (secondary N) is 1. The predicted molar refractivity (Wildman–Crippen MR) is 69.0 cm³/mol. The number of aromatic nitrogens is 1. The van der Waals surface area contributed by atoms with Crippen LogP contribution in [0.5, 0.6) is 0 Å². The molecule has 1 heterocycles. The first-order valence-electron chi connectivity index (χ1n) is 5.99. The highest BCUT2D eigenvalue weighted by Crippen LogP contribution is 2.43. The van der Waals surface area contributed by atoms with Gasteiger partial charge in [-0.2, -0.15) is 5.26 Å². The first-order valence-corrected chi connectivity index (χ1v) is 6.37. The lowest BCUT2D eigenvalue weighted by Crippen LogP contribution is -2.36. The molecule has 1 fully saturated rings. The Kier molecular flexibility index (Phi) is 3.54. The van der Waals surface area contributed by atoms with Crippen LogP contribution in [-0.2, 0) is 0 Å². The molecule has 0 saturated heterocycles. The highest BCUT2D eigenvalue weighted by atomic mass is 35.5. The lowest BCUT2D eigenvalue weighted by Gasteiger charge is -2.41. The molecule has 1 aliphatic rings. The topological polar surface area (TPSA) is 48.7 Å². The number of rotatable bonds is 4. The Balaban J connectivity index is 2.07. The van der Waals surface area contributed by atoms with Crippen LogP contribution in [0.2, 0.25) is 5.02 Å². The van der Waals surface area contributed by atoms with E-state index in [-0.39, 0.29) is 0 Å². The second-order valence-corrected chi connectivity index (χ2v) is 5.07. The average Bonchev–Trinajstić information content (AvgIpc) is 2.30. The van der Waals surface area contributed by atoms with Gasteiger partial charge in [0.05, 0.1) is 5.56 Å². The Labute approximate surface area is 107 Å². The lowest BCUT2D eigenvalue weighted by molar-refractivity contribution is 0.145. The number of nitriles is 1. The Bertz CT molecular complexity index is 441. The van der Waals surface area contributed by atoms with Crippen LogP contribution in [0.15, 0.2) is 12.3 Å². The SMILES string of the molecule is CCC1(CNc2nccc(C#N)c2Cl)CCC1. The van der Waals surface area contributed by atoms with Gasteiger partial charge in [-0.25, -0.2) is 4.98 Å². The van der Waals surface area contributed by atoms with E-state index in [9.17, 15) is 0 Å². The molecule has 0 bridgehead atoms. The van der Waals surface area contributed by atoms with E-state index in [1.54, 1.807) is 12.3 Å². The van der Waals surface area contributed by atoms with Crippen LogP contribution in [-0.4, -0.2) is 11.5 Å². The summed E-state index contributed by atoms with van der Waals surface area (Å²) in [6.45, 7) is 3.12. The zero-order chi connectivity index (χ0) is 12.3. The van der Waals surface area contributed by atoms with Crippen molar-refractivity contribution >= 4 is 17.4 Å². The monoisotopic (exact) mass is 249 g/mol. The van der Waals surface area contributed by atoms with Gasteiger partial charge in [0.15, 0.2) is 0 Å². The van der Waals surface area contributed by atoms with Crippen LogP contribution in [0.1, 0.15) is 38.2 Å². The molecule has 17 heavy (non-hydrogen) atoms. The molecule has 3 nitrogen and oxygen atoms in total. The van der Waals surface area contributed by atoms with Gasteiger partial charge in [0.1, 0.15) is 16.9 Å². The van der Waals surface area contributed by atoms with Crippen molar-refractivity contribution in [1.82, 2.24) is 4.98 Å². The summed E-state index contributed by atoms with van der Waals surface area (Å²) in [7, 11) is 0. The van der Waals surface area contributed by atoms with Crippen LogP contribution < -0.4 is 5.32 Å². The van der Waals surface area contributed by atoms with Gasteiger partial charge >= 0.3 is 0 Å². The number of nitrogens with zero attached hydrogens (tertiary/aromatic N) is 2. The fourth-order valence-corrected chi connectivity index (χ4v) is 2.48. The van der Waals surface area contributed by atoms with E-state index in [0.717, 1.165) is 6.54 Å². The largest absolute Gasteiger partial charge is 0.368 e. The molecule has 0 amide bonds. The predicted octanol–water partition coefficient (Wildman–Crippen LogP) is 3.60. The lowest BCUT2D eigenvalue weighted by atomic mass is 9.67. The van der Waals surface area contributed by atoms with Crippen LogP contribution in [0, 0.1) is 16.7 Å². The summed E-state index contributed by atoms with van der Waals surface area (Å²) in [5, 5.41) is 12.6. The summed E-state index contributed by atoms with van der Waals surface area (Å²) in [5.74, 6) is 0.630. The van der Waals surface area contributed by atoms with Gasteiger partial charge in [-0.05, 0) is 30.7 Å². The minimum absolute atomic E-state index is 0.410. The molecule has 0 spiro atoms. The van der Waals surface area contributed by atoms with E-state index < -0.39 is 0 Å². The first-order chi connectivity index (χ1) is 8.21. The van der Waals surface area contributed by atoms with Gasteiger partial charge in [0.25, 0.3) is 0 Å². The number of anilines is 1. The molecular weight excluding hydrogens is 234 g/mol. The number of hydrogen-bond donors (Lipinski definition) is 1. The van der Waals surface area contributed by atoms with Crippen LogP contribution in [0.25, 0.3) is 0 Å². The second kappa shape index (κ2) is 4.93. The van der Waals surface area contributed by atoms with Crippen LogP contribution >= 0.6 is 11.6 Å². The van der Waals surface area contributed by atoms with Gasteiger partial charge < -0.3 is 5.32 Å². The summed E-state index contributed by atoms with van der Waals surface area (Å²) in [6, 6.07) is 3.69. The molecule has 0 aromatic carbocycles. The molecule has 2 rings (SSSR count). The third-order valence-electron chi connectivity index (χ3n) is 3.80. The quantitative estimate of drug-likeness (QED) is 0.887. The summed E-state index contributed by atoms with van der Waals surface area (Å²) in [6.07, 6.45) is 6.65. The number of pyridine rings is 1. The van der Waals surface area contributed by atoms with Crippen LogP contribution in [0.4, 0.5) is 5.82 Å². The molecule has 1 saturated carbocycles. The van der Waals surface area contributed by atoms with Gasteiger partial charge in [-0.15, -0.1) is 0 Å². The van der Waals surface area contributed by atoms with E-state index >= 15 is 0 Å². The van der Waals surface area contributed by atoms with Gasteiger partial charge in [0, 0.05) is 12.7 Å². The molecule has 0 radical (unpaired) electrons. The molecule has 1 aromatic rings. The standard InChI is InChI=1S/C13H16ClN3/c1-2-13(5-3-6-13)9-17-12-11(14)10(8-15)4-7-16-12/h4,7H,2-3,5-6,9H2,1H3,(H,16,17). The second-order valence-electron chi connectivity index (χ2n) is 4.69. The van der Waals surface area contributed by atoms with E-state index in [2.05, 4.69) is 23.3 Å². The van der Waals surface area contributed by atoms with E-state index in [1.165, 1.54) is 25.7 Å². The molecule has 1 N–H and O–H groups in total. The van der Waals surface area contributed by atoms with Crippen molar-refractivity contribution in [3.63, 3.8) is 0 Å². The third-order valence-corrected chi connectivity index (χ3v) is 4.19. The maximum absolute atomic E-state index is 8.88. The van der Waals surface area contributed by atoms with E-state index in [4.69, 9.17) is 16.9 Å². The van der Waals surface area contributed by atoms with Crippen molar-refractivity contribution in [1.29, 1.82) is 5.26 Å². The van der Waals surface area contributed by atoms with Gasteiger partial charge in [0.2, 0.25) is 0 Å². The van der Waals surface area contributed by atoms with Crippen molar-refractivity contribution in [3.8, 4) is 6.07 Å². The smallest absolute Gasteiger partial charge is 0.146 e. The summed E-state index contributed by atoms with van der Waals surface area (Å²) in [5.41, 5.74) is 0.886. The molecule has 0 atom stereocenters. The van der Waals surface area contributed by atoms with Crippen molar-refractivity contribution in [2.75, 3.05) is 11.9 Å². The molecule has 4 heteroatoms. The zero-order valence-corrected chi connectivity index (χ0v) is 10.7. The Morgan fingerprint density at radius 1 is 1.59 bits per heavy atom. The van der Waals surface area contributed by atoms with Crippen molar-refractivity contribution in [2.45, 2.75) is 32.6 Å². The Hall–Kier alpha value is -1.27.